The van der Waals surface area contributed by atoms with Crippen LogP contribution in [0.1, 0.15) is 10.5 Å². The van der Waals surface area contributed by atoms with Crippen molar-refractivity contribution < 1.29 is 19.4 Å². The van der Waals surface area contributed by atoms with E-state index in [9.17, 15) is 14.7 Å². The Morgan fingerprint density at radius 2 is 1.90 bits per heavy atom. The lowest BCUT2D eigenvalue weighted by Crippen LogP contribution is -2.43. The summed E-state index contributed by atoms with van der Waals surface area (Å²) >= 11 is 0. The largest absolute Gasteiger partial charge is 0.484 e. The first-order valence-corrected chi connectivity index (χ1v) is 9.18. The molecular weight excluding hydrogens is 376 g/mol. The molecule has 3 aromatic rings. The summed E-state index contributed by atoms with van der Waals surface area (Å²) in [5.41, 5.74) is 1.11. The number of pyridine rings is 1. The molecule has 4 rings (SSSR count). The van der Waals surface area contributed by atoms with Crippen molar-refractivity contribution in [2.24, 2.45) is 0 Å². The number of piperazine rings is 1. The fourth-order valence-corrected chi connectivity index (χ4v) is 3.14. The van der Waals surface area contributed by atoms with Gasteiger partial charge in [-0.1, -0.05) is 18.2 Å². The number of para-hydroxylation sites is 1. The summed E-state index contributed by atoms with van der Waals surface area (Å²) in [6.45, 7) is 2.96. The first-order valence-electron chi connectivity index (χ1n) is 9.18. The van der Waals surface area contributed by atoms with E-state index in [0.717, 1.165) is 31.9 Å². The number of benzene rings is 1. The van der Waals surface area contributed by atoms with Crippen LogP contribution in [0.15, 0.2) is 42.5 Å². The molecule has 0 bridgehead atoms. The second kappa shape index (κ2) is 8.15. The molecule has 150 valence electrons. The van der Waals surface area contributed by atoms with Gasteiger partial charge in [-0.3, -0.25) is 10.1 Å². The van der Waals surface area contributed by atoms with Gasteiger partial charge in [0.15, 0.2) is 17.9 Å². The SMILES string of the molecule is O=C(COc1ccccc1)Nc1nc2c(N3CCNCC3)ccc(C(=O)O)n2n1. The number of rotatable bonds is 6. The maximum Gasteiger partial charge on any atom is 0.354 e. The summed E-state index contributed by atoms with van der Waals surface area (Å²) in [5, 5.41) is 19.5. The molecule has 0 radical (unpaired) electrons. The molecule has 1 fully saturated rings. The minimum Gasteiger partial charge on any atom is -0.484 e. The topological polar surface area (TPSA) is 121 Å². The van der Waals surface area contributed by atoms with Gasteiger partial charge in [0.1, 0.15) is 5.75 Å². The Labute approximate surface area is 166 Å². The van der Waals surface area contributed by atoms with E-state index in [1.165, 1.54) is 10.6 Å². The van der Waals surface area contributed by atoms with Crippen LogP contribution in [0.25, 0.3) is 5.65 Å². The van der Waals surface area contributed by atoms with Crippen LogP contribution >= 0.6 is 0 Å². The molecule has 3 N–H and O–H groups in total. The van der Waals surface area contributed by atoms with E-state index < -0.39 is 11.9 Å². The molecule has 29 heavy (non-hydrogen) atoms. The Morgan fingerprint density at radius 3 is 2.62 bits per heavy atom. The Bertz CT molecular complexity index is 1030. The highest BCUT2D eigenvalue weighted by molar-refractivity contribution is 5.92. The number of aromatic carboxylic acids is 1. The highest BCUT2D eigenvalue weighted by Gasteiger charge is 2.21. The molecule has 2 aromatic heterocycles. The summed E-state index contributed by atoms with van der Waals surface area (Å²) in [6, 6.07) is 12.2. The molecule has 1 aromatic carbocycles. The molecule has 0 saturated carbocycles. The maximum atomic E-state index is 12.2. The van der Waals surface area contributed by atoms with Crippen molar-refractivity contribution in [3.8, 4) is 5.75 Å². The van der Waals surface area contributed by atoms with Crippen molar-refractivity contribution in [1.82, 2.24) is 19.9 Å². The van der Waals surface area contributed by atoms with Gasteiger partial charge in [-0.15, -0.1) is 5.10 Å². The molecule has 1 amide bonds. The van der Waals surface area contributed by atoms with Gasteiger partial charge in [-0.05, 0) is 24.3 Å². The van der Waals surface area contributed by atoms with Crippen molar-refractivity contribution in [2.75, 3.05) is 43.0 Å². The molecule has 0 unspecified atom stereocenters. The van der Waals surface area contributed by atoms with Crippen LogP contribution in [0.2, 0.25) is 0 Å². The predicted octanol–water partition coefficient (Wildman–Crippen LogP) is 0.855. The van der Waals surface area contributed by atoms with Gasteiger partial charge in [-0.25, -0.2) is 9.31 Å². The number of aromatic nitrogens is 3. The van der Waals surface area contributed by atoms with Gasteiger partial charge >= 0.3 is 5.97 Å². The number of amides is 1. The van der Waals surface area contributed by atoms with Crippen molar-refractivity contribution >= 4 is 29.2 Å². The minimum atomic E-state index is -1.13. The standard InChI is InChI=1S/C19H20N6O4/c26-16(12-29-13-4-2-1-3-5-13)21-19-22-17-14(24-10-8-20-9-11-24)6-7-15(18(27)28)25(17)23-19/h1-7,20H,8-12H2,(H,27,28)(H,21,23,26). The van der Waals surface area contributed by atoms with Crippen LogP contribution < -0.4 is 20.3 Å². The third-order valence-electron chi connectivity index (χ3n) is 4.50. The summed E-state index contributed by atoms with van der Waals surface area (Å²) < 4.78 is 6.65. The molecule has 0 spiro atoms. The number of hydrogen-bond donors (Lipinski definition) is 3. The predicted molar refractivity (Wildman–Crippen MR) is 106 cm³/mol. The molecule has 1 aliphatic heterocycles. The van der Waals surface area contributed by atoms with Crippen molar-refractivity contribution in [3.63, 3.8) is 0 Å². The van der Waals surface area contributed by atoms with Crippen LogP contribution in [-0.4, -0.2) is 64.4 Å². The number of ether oxygens (including phenoxy) is 1. The average molecular weight is 396 g/mol. The third kappa shape index (κ3) is 4.11. The summed E-state index contributed by atoms with van der Waals surface area (Å²) in [7, 11) is 0. The van der Waals surface area contributed by atoms with E-state index in [1.807, 2.05) is 18.2 Å². The molecule has 0 atom stereocenters. The zero-order valence-corrected chi connectivity index (χ0v) is 15.5. The number of carboxylic acid groups (broad SMARTS) is 1. The van der Waals surface area contributed by atoms with E-state index in [-0.39, 0.29) is 18.2 Å². The lowest BCUT2D eigenvalue weighted by Gasteiger charge is -2.29. The maximum absolute atomic E-state index is 12.2. The van der Waals surface area contributed by atoms with E-state index >= 15 is 0 Å². The number of nitrogens with zero attached hydrogens (tertiary/aromatic N) is 4. The van der Waals surface area contributed by atoms with E-state index in [0.29, 0.717) is 11.4 Å². The number of carbonyl (C=O) groups excluding carboxylic acids is 1. The van der Waals surface area contributed by atoms with Gasteiger partial charge in [0.2, 0.25) is 5.95 Å². The van der Waals surface area contributed by atoms with E-state index in [2.05, 4.69) is 25.6 Å². The van der Waals surface area contributed by atoms with E-state index in [1.54, 1.807) is 18.2 Å². The average Bonchev–Trinajstić information content (AvgIpc) is 3.16. The Balaban J connectivity index is 1.57. The molecule has 1 aliphatic rings. The van der Waals surface area contributed by atoms with Crippen LogP contribution in [0.4, 0.5) is 11.6 Å². The Hall–Kier alpha value is -3.66. The Kier molecular flexibility index (Phi) is 5.25. The summed E-state index contributed by atoms with van der Waals surface area (Å²) in [6.07, 6.45) is 0. The fraction of sp³-hybridized carbons (Fsp3) is 0.263. The Morgan fingerprint density at radius 1 is 1.14 bits per heavy atom. The lowest BCUT2D eigenvalue weighted by atomic mass is 10.2. The number of fused-ring (bicyclic) bond motifs is 1. The van der Waals surface area contributed by atoms with E-state index in [4.69, 9.17) is 4.74 Å². The highest BCUT2D eigenvalue weighted by atomic mass is 16.5. The number of carbonyl (C=O) groups is 2. The number of anilines is 2. The lowest BCUT2D eigenvalue weighted by molar-refractivity contribution is -0.118. The highest BCUT2D eigenvalue weighted by Crippen LogP contribution is 2.23. The number of hydrogen-bond acceptors (Lipinski definition) is 7. The molecular formula is C19H20N6O4. The van der Waals surface area contributed by atoms with Crippen LogP contribution in [0.5, 0.6) is 5.75 Å². The first-order chi connectivity index (χ1) is 14.1. The normalized spacial score (nSPS) is 14.0. The van der Waals surface area contributed by atoms with Crippen LogP contribution in [0, 0.1) is 0 Å². The summed E-state index contributed by atoms with van der Waals surface area (Å²) in [5.74, 6) is -0.973. The molecule has 10 nitrogen and oxygen atoms in total. The van der Waals surface area contributed by atoms with Crippen molar-refractivity contribution in [3.05, 3.63) is 48.2 Å². The summed E-state index contributed by atoms with van der Waals surface area (Å²) in [4.78, 5) is 30.3. The van der Waals surface area contributed by atoms with Gasteiger partial charge in [-0.2, -0.15) is 4.98 Å². The smallest absolute Gasteiger partial charge is 0.354 e. The molecule has 0 aliphatic carbocycles. The molecule has 3 heterocycles. The quantitative estimate of drug-likeness (QED) is 0.561. The molecule has 1 saturated heterocycles. The number of carboxylic acids is 1. The van der Waals surface area contributed by atoms with Gasteiger partial charge in [0.25, 0.3) is 5.91 Å². The monoisotopic (exact) mass is 396 g/mol. The first kappa shape index (κ1) is 18.7. The van der Waals surface area contributed by atoms with Crippen LogP contribution in [-0.2, 0) is 4.79 Å². The third-order valence-corrected chi connectivity index (χ3v) is 4.50. The zero-order chi connectivity index (χ0) is 20.2. The molecule has 10 heteroatoms. The second-order valence-corrected chi connectivity index (χ2v) is 6.47. The van der Waals surface area contributed by atoms with Gasteiger partial charge in [0.05, 0.1) is 5.69 Å². The second-order valence-electron chi connectivity index (χ2n) is 6.47. The fourth-order valence-electron chi connectivity index (χ4n) is 3.14. The van der Waals surface area contributed by atoms with Gasteiger partial charge in [0, 0.05) is 26.2 Å². The van der Waals surface area contributed by atoms with Crippen molar-refractivity contribution in [1.29, 1.82) is 0 Å². The number of nitrogens with one attached hydrogen (secondary N) is 2. The zero-order valence-electron chi connectivity index (χ0n) is 15.5. The van der Waals surface area contributed by atoms with Crippen LogP contribution in [0.3, 0.4) is 0 Å². The van der Waals surface area contributed by atoms with Gasteiger partial charge < -0.3 is 20.1 Å². The minimum absolute atomic E-state index is 0.0248. The van der Waals surface area contributed by atoms with Crippen molar-refractivity contribution in [2.45, 2.75) is 0 Å².